The molecule has 0 saturated heterocycles. The number of amides is 1. The van der Waals surface area contributed by atoms with Gasteiger partial charge in [-0.05, 0) is 31.9 Å². The second kappa shape index (κ2) is 8.90. The molecule has 0 spiro atoms. The van der Waals surface area contributed by atoms with Crippen LogP contribution in [0, 0.1) is 29.9 Å². The average Bonchev–Trinajstić information content (AvgIpc) is 2.87. The van der Waals surface area contributed by atoms with Gasteiger partial charge in [-0.25, -0.2) is 4.98 Å². The van der Waals surface area contributed by atoms with Crippen LogP contribution in [0.4, 0.5) is 11.4 Å². The molecular formula is C18H24N4O4S. The molecule has 1 aromatic heterocycles. The summed E-state index contributed by atoms with van der Waals surface area (Å²) in [5.41, 5.74) is 1.95. The molecule has 0 bridgehead atoms. The molecule has 0 aliphatic heterocycles. The van der Waals surface area contributed by atoms with Crippen molar-refractivity contribution in [3.8, 4) is 5.75 Å². The number of imidazole rings is 1. The number of nitro benzene ring substituents is 1. The van der Waals surface area contributed by atoms with Crippen molar-refractivity contribution in [2.75, 3.05) is 18.2 Å². The molecule has 2 aromatic rings. The van der Waals surface area contributed by atoms with Gasteiger partial charge < -0.3 is 14.6 Å². The van der Waals surface area contributed by atoms with Crippen molar-refractivity contribution in [1.29, 1.82) is 0 Å². The van der Waals surface area contributed by atoms with Gasteiger partial charge in [0.25, 0.3) is 5.69 Å². The zero-order valence-electron chi connectivity index (χ0n) is 16.1. The molecule has 1 aromatic carbocycles. The number of hydrogen-bond acceptors (Lipinski definition) is 6. The first kappa shape index (κ1) is 20.8. The summed E-state index contributed by atoms with van der Waals surface area (Å²) in [5.74, 6) is 0.586. The van der Waals surface area contributed by atoms with Crippen LogP contribution in [0.5, 0.6) is 5.75 Å². The van der Waals surface area contributed by atoms with Crippen molar-refractivity contribution < 1.29 is 14.5 Å². The van der Waals surface area contributed by atoms with Gasteiger partial charge in [0, 0.05) is 12.2 Å². The third-order valence-electron chi connectivity index (χ3n) is 3.98. The number of ether oxygens (including phenoxy) is 1. The largest absolute Gasteiger partial charge is 0.496 e. The summed E-state index contributed by atoms with van der Waals surface area (Å²) in [4.78, 5) is 27.5. The number of methoxy groups -OCH3 is 1. The highest BCUT2D eigenvalue weighted by atomic mass is 32.2. The van der Waals surface area contributed by atoms with E-state index >= 15 is 0 Å². The lowest BCUT2D eigenvalue weighted by atomic mass is 10.2. The Hall–Kier alpha value is -2.55. The third kappa shape index (κ3) is 5.22. The SMILES string of the molecule is COc1ccc(NC(=O)CSc2nc(C)c(C)n2CC(C)C)c([N+](=O)[O-])c1. The number of nitro groups is 1. The normalized spacial score (nSPS) is 10.9. The van der Waals surface area contributed by atoms with Gasteiger partial charge in [-0.3, -0.25) is 14.9 Å². The molecule has 0 aliphatic carbocycles. The van der Waals surface area contributed by atoms with E-state index in [9.17, 15) is 14.9 Å². The summed E-state index contributed by atoms with van der Waals surface area (Å²) in [5, 5.41) is 14.6. The molecule has 0 radical (unpaired) electrons. The Balaban J connectivity index is 2.10. The minimum atomic E-state index is -0.548. The maximum absolute atomic E-state index is 12.3. The molecule has 146 valence electrons. The maximum atomic E-state index is 12.3. The van der Waals surface area contributed by atoms with Crippen LogP contribution in [0.2, 0.25) is 0 Å². The van der Waals surface area contributed by atoms with Gasteiger partial charge in [0.15, 0.2) is 5.16 Å². The molecule has 0 atom stereocenters. The average molecular weight is 392 g/mol. The van der Waals surface area contributed by atoms with Gasteiger partial charge >= 0.3 is 0 Å². The van der Waals surface area contributed by atoms with E-state index in [4.69, 9.17) is 4.74 Å². The Morgan fingerprint density at radius 1 is 1.41 bits per heavy atom. The molecule has 2 rings (SSSR count). The fraction of sp³-hybridized carbons (Fsp3) is 0.444. The standard InChI is InChI=1S/C18H24N4O4S/c1-11(2)9-21-13(4)12(3)19-18(21)27-10-17(23)20-15-7-6-14(26-5)8-16(15)22(24)25/h6-8,11H,9-10H2,1-5H3,(H,20,23). The molecule has 1 N–H and O–H groups in total. The van der Waals surface area contributed by atoms with Gasteiger partial charge in [-0.2, -0.15) is 0 Å². The van der Waals surface area contributed by atoms with Crippen molar-refractivity contribution in [1.82, 2.24) is 9.55 Å². The number of anilines is 1. The Labute approximate surface area is 162 Å². The molecule has 1 amide bonds. The quantitative estimate of drug-likeness (QED) is 0.417. The van der Waals surface area contributed by atoms with Gasteiger partial charge in [0.1, 0.15) is 11.4 Å². The summed E-state index contributed by atoms with van der Waals surface area (Å²) in [6.45, 7) is 9.02. The first-order valence-corrected chi connectivity index (χ1v) is 9.50. The summed E-state index contributed by atoms with van der Waals surface area (Å²) in [7, 11) is 1.43. The van der Waals surface area contributed by atoms with Crippen molar-refractivity contribution >= 4 is 29.0 Å². The van der Waals surface area contributed by atoms with Crippen molar-refractivity contribution in [2.24, 2.45) is 5.92 Å². The zero-order chi connectivity index (χ0) is 20.1. The first-order valence-electron chi connectivity index (χ1n) is 8.51. The maximum Gasteiger partial charge on any atom is 0.296 e. The van der Waals surface area contributed by atoms with E-state index in [0.717, 1.165) is 23.1 Å². The van der Waals surface area contributed by atoms with Gasteiger partial charge in [-0.1, -0.05) is 25.6 Å². The minimum absolute atomic E-state index is 0.108. The Bertz CT molecular complexity index is 848. The summed E-state index contributed by atoms with van der Waals surface area (Å²) >= 11 is 1.32. The summed E-state index contributed by atoms with van der Waals surface area (Å²) < 4.78 is 7.10. The molecule has 8 nitrogen and oxygen atoms in total. The highest BCUT2D eigenvalue weighted by molar-refractivity contribution is 7.99. The number of nitrogens with zero attached hydrogens (tertiary/aromatic N) is 3. The lowest BCUT2D eigenvalue weighted by Gasteiger charge is -2.12. The first-order chi connectivity index (χ1) is 12.7. The summed E-state index contributed by atoms with van der Waals surface area (Å²) in [6, 6.07) is 4.32. The number of benzene rings is 1. The molecule has 9 heteroatoms. The van der Waals surface area contributed by atoms with E-state index < -0.39 is 4.92 Å². The molecule has 1 heterocycles. The van der Waals surface area contributed by atoms with Crippen molar-refractivity contribution in [2.45, 2.75) is 39.4 Å². The van der Waals surface area contributed by atoms with Gasteiger partial charge in [0.05, 0.1) is 29.5 Å². The predicted molar refractivity (Wildman–Crippen MR) is 106 cm³/mol. The van der Waals surface area contributed by atoms with Crippen molar-refractivity contribution in [3.63, 3.8) is 0 Å². The molecular weight excluding hydrogens is 368 g/mol. The minimum Gasteiger partial charge on any atom is -0.496 e. The lowest BCUT2D eigenvalue weighted by molar-refractivity contribution is -0.384. The van der Waals surface area contributed by atoms with E-state index in [-0.39, 0.29) is 23.0 Å². The Kier molecular flexibility index (Phi) is 6.84. The Morgan fingerprint density at radius 2 is 2.11 bits per heavy atom. The number of aryl methyl sites for hydroxylation is 1. The number of rotatable bonds is 8. The highest BCUT2D eigenvalue weighted by Crippen LogP contribution is 2.29. The van der Waals surface area contributed by atoms with E-state index in [1.165, 1.54) is 31.0 Å². The van der Waals surface area contributed by atoms with Crippen LogP contribution in [0.3, 0.4) is 0 Å². The molecule has 0 saturated carbocycles. The number of carbonyl (C=O) groups is 1. The van der Waals surface area contributed by atoms with Crippen LogP contribution < -0.4 is 10.1 Å². The van der Waals surface area contributed by atoms with Crippen LogP contribution in [0.15, 0.2) is 23.4 Å². The van der Waals surface area contributed by atoms with Gasteiger partial charge in [0.2, 0.25) is 5.91 Å². The van der Waals surface area contributed by atoms with E-state index in [0.29, 0.717) is 11.7 Å². The van der Waals surface area contributed by atoms with Crippen LogP contribution in [-0.4, -0.2) is 33.2 Å². The number of nitrogens with one attached hydrogen (secondary N) is 1. The highest BCUT2D eigenvalue weighted by Gasteiger charge is 2.19. The zero-order valence-corrected chi connectivity index (χ0v) is 16.9. The molecule has 0 aliphatic rings. The monoisotopic (exact) mass is 392 g/mol. The van der Waals surface area contributed by atoms with Crippen LogP contribution >= 0.6 is 11.8 Å². The van der Waals surface area contributed by atoms with E-state index in [1.54, 1.807) is 6.07 Å². The van der Waals surface area contributed by atoms with Crippen LogP contribution in [0.25, 0.3) is 0 Å². The fourth-order valence-corrected chi connectivity index (χ4v) is 3.43. The number of aromatic nitrogens is 2. The number of carbonyl (C=O) groups excluding carboxylic acids is 1. The van der Waals surface area contributed by atoms with Crippen LogP contribution in [0.1, 0.15) is 25.2 Å². The molecule has 0 unspecified atom stereocenters. The van der Waals surface area contributed by atoms with E-state index in [1.807, 2.05) is 13.8 Å². The Morgan fingerprint density at radius 3 is 2.70 bits per heavy atom. The molecule has 27 heavy (non-hydrogen) atoms. The topological polar surface area (TPSA) is 99.3 Å². The third-order valence-corrected chi connectivity index (χ3v) is 4.95. The predicted octanol–water partition coefficient (Wildman–Crippen LogP) is 3.80. The summed E-state index contributed by atoms with van der Waals surface area (Å²) in [6.07, 6.45) is 0. The second-order valence-electron chi connectivity index (χ2n) is 6.55. The van der Waals surface area contributed by atoms with Crippen molar-refractivity contribution in [3.05, 3.63) is 39.7 Å². The lowest BCUT2D eigenvalue weighted by Crippen LogP contribution is -2.16. The van der Waals surface area contributed by atoms with E-state index in [2.05, 4.69) is 28.7 Å². The van der Waals surface area contributed by atoms with Gasteiger partial charge in [-0.15, -0.1) is 0 Å². The smallest absolute Gasteiger partial charge is 0.296 e. The fourth-order valence-electron chi connectivity index (χ4n) is 2.53. The second-order valence-corrected chi connectivity index (χ2v) is 7.49. The number of thioether (sulfide) groups is 1. The van der Waals surface area contributed by atoms with Crippen LogP contribution in [-0.2, 0) is 11.3 Å². The molecule has 0 fully saturated rings. The number of hydrogen-bond donors (Lipinski definition) is 1.